The van der Waals surface area contributed by atoms with Gasteiger partial charge in [0.05, 0.1) is 50.5 Å². The number of carbonyl (C=O) groups excluding carboxylic acids is 2. The summed E-state index contributed by atoms with van der Waals surface area (Å²) in [7, 11) is 1.83. The van der Waals surface area contributed by atoms with Crippen LogP contribution in [0.4, 0.5) is 30.5 Å². The molecule has 264 valence electrons. The molecule has 2 aromatic carbocycles. The molecule has 2 aliphatic carbocycles. The Morgan fingerprint density at radius 2 is 1.76 bits per heavy atom. The molecule has 2 amide bonds. The zero-order chi connectivity index (χ0) is 35.3. The zero-order valence-electron chi connectivity index (χ0n) is 27.2. The summed E-state index contributed by atoms with van der Waals surface area (Å²) < 4.78 is 41.6. The van der Waals surface area contributed by atoms with Crippen molar-refractivity contribution in [1.82, 2.24) is 25.2 Å². The summed E-state index contributed by atoms with van der Waals surface area (Å²) >= 11 is 13.4. The predicted octanol–water partition coefficient (Wildman–Crippen LogP) is 6.75. The van der Waals surface area contributed by atoms with Crippen molar-refractivity contribution in [1.29, 1.82) is 0 Å². The Bertz CT molecular complexity index is 1950. The monoisotopic (exact) mass is 729 g/mol. The maximum absolute atomic E-state index is 13.8. The van der Waals surface area contributed by atoms with E-state index in [9.17, 15) is 27.9 Å². The lowest BCUT2D eigenvalue weighted by Crippen LogP contribution is -2.40. The van der Waals surface area contributed by atoms with Crippen LogP contribution in [0.3, 0.4) is 0 Å². The van der Waals surface area contributed by atoms with Gasteiger partial charge < -0.3 is 30.5 Å². The first-order valence-electron chi connectivity index (χ1n) is 16.6. The van der Waals surface area contributed by atoms with Crippen LogP contribution in [-0.4, -0.2) is 56.8 Å². The molecule has 4 N–H and O–H groups in total. The molecule has 3 heterocycles. The van der Waals surface area contributed by atoms with Crippen molar-refractivity contribution < 1.29 is 27.9 Å². The van der Waals surface area contributed by atoms with Gasteiger partial charge in [0.15, 0.2) is 0 Å². The number of aliphatic hydroxyl groups is 1. The van der Waals surface area contributed by atoms with Crippen LogP contribution in [0.25, 0.3) is 11.0 Å². The molecule has 7 rings (SSSR count). The van der Waals surface area contributed by atoms with Crippen molar-refractivity contribution in [3.8, 4) is 0 Å². The number of anilines is 3. The van der Waals surface area contributed by atoms with Crippen molar-refractivity contribution >= 4 is 63.4 Å². The number of rotatable bonds is 9. The Balaban J connectivity index is 1.13. The molecule has 2 atom stereocenters. The van der Waals surface area contributed by atoms with E-state index in [0.29, 0.717) is 50.7 Å². The molecule has 2 aromatic heterocycles. The van der Waals surface area contributed by atoms with Gasteiger partial charge in [-0.05, 0) is 85.4 Å². The lowest BCUT2D eigenvalue weighted by Gasteiger charge is -2.31. The molecule has 15 heteroatoms. The van der Waals surface area contributed by atoms with Crippen LogP contribution in [-0.2, 0) is 20.2 Å². The molecule has 0 bridgehead atoms. The number of carbonyl (C=O) groups is 2. The van der Waals surface area contributed by atoms with Crippen molar-refractivity contribution in [3.63, 3.8) is 0 Å². The first kappa shape index (κ1) is 34.4. The normalized spacial score (nSPS) is 21.6. The highest BCUT2D eigenvalue weighted by atomic mass is 35.5. The van der Waals surface area contributed by atoms with Crippen LogP contribution in [0.5, 0.6) is 0 Å². The minimum absolute atomic E-state index is 0.000510. The van der Waals surface area contributed by atoms with E-state index in [-0.39, 0.29) is 61.5 Å². The number of halogens is 5. The fourth-order valence-corrected chi connectivity index (χ4v) is 7.66. The smallest absolute Gasteiger partial charge is 0.391 e. The summed E-state index contributed by atoms with van der Waals surface area (Å²) in [5, 5.41) is 19.0. The molecule has 1 aliphatic heterocycles. The molecule has 50 heavy (non-hydrogen) atoms. The number of aliphatic hydroxyl groups excluding tert-OH is 1. The third-order valence-corrected chi connectivity index (χ3v) is 10.9. The Labute approximate surface area is 296 Å². The van der Waals surface area contributed by atoms with E-state index in [1.807, 2.05) is 17.7 Å². The first-order chi connectivity index (χ1) is 23.9. The van der Waals surface area contributed by atoms with E-state index >= 15 is 0 Å². The van der Waals surface area contributed by atoms with Gasteiger partial charge in [0.1, 0.15) is 5.69 Å². The van der Waals surface area contributed by atoms with Gasteiger partial charge in [-0.25, -0.2) is 4.98 Å². The summed E-state index contributed by atoms with van der Waals surface area (Å²) in [6, 6.07) is 9.84. The average molecular weight is 731 g/mol. The number of pyridine rings is 1. The number of piperidine rings is 1. The summed E-state index contributed by atoms with van der Waals surface area (Å²) in [5.74, 6) is -0.466. The summed E-state index contributed by atoms with van der Waals surface area (Å²) in [6.07, 6.45) is -1.03. The predicted molar refractivity (Wildman–Crippen MR) is 185 cm³/mol. The van der Waals surface area contributed by atoms with Crippen LogP contribution in [0, 0.1) is 17.8 Å². The van der Waals surface area contributed by atoms with Crippen LogP contribution in [0.1, 0.15) is 64.1 Å². The highest BCUT2D eigenvalue weighted by Gasteiger charge is 2.46. The Hall–Kier alpha value is -4.07. The van der Waals surface area contributed by atoms with Crippen LogP contribution in [0.15, 0.2) is 42.6 Å². The molecular formula is C35H36Cl2F3N7O3. The summed E-state index contributed by atoms with van der Waals surface area (Å²) in [5.41, 5.74) is 4.20. The van der Waals surface area contributed by atoms with E-state index < -0.39 is 18.0 Å². The Morgan fingerprint density at radius 1 is 1.02 bits per heavy atom. The number of hydrogen-bond acceptors (Lipinski definition) is 7. The number of amides is 2. The van der Waals surface area contributed by atoms with Gasteiger partial charge in [0, 0.05) is 38.9 Å². The van der Waals surface area contributed by atoms with Crippen LogP contribution in [0.2, 0.25) is 10.0 Å². The summed E-state index contributed by atoms with van der Waals surface area (Å²) in [4.78, 5) is 37.6. The van der Waals surface area contributed by atoms with Gasteiger partial charge in [-0.1, -0.05) is 29.3 Å². The highest BCUT2D eigenvalue weighted by Crippen LogP contribution is 2.47. The molecule has 4 aromatic rings. The molecule has 10 nitrogen and oxygen atoms in total. The number of aromatic nitrogens is 3. The Kier molecular flexibility index (Phi) is 9.33. The largest absolute Gasteiger partial charge is 0.392 e. The number of hydrogen-bond donors (Lipinski definition) is 4. The van der Waals surface area contributed by atoms with Gasteiger partial charge in [-0.2, -0.15) is 13.2 Å². The molecule has 0 radical (unpaired) electrons. The molecular weight excluding hydrogens is 694 g/mol. The standard InChI is InChI=1S/C35H36Cl2F3N7O3/c1-46-29-13-28(47-15-20-11-21(20)16-47)24(32(49)43-23-5-3-22(4-6-23)35(38,39)40)12-26(29)44-34(46)45-31-25(36)7-2-19(30(31)37)14-42-33(50)27-10-18(17-48)8-9-41-27/h2,7-10,12-13,20-23,48H,3-6,11,14-17H2,1H3,(H,42,50)(H,43,49)(H,44,45)/t20?,21?,22-,23-. The number of nitrogens with zero attached hydrogens (tertiary/aromatic N) is 4. The molecule has 1 saturated heterocycles. The van der Waals surface area contributed by atoms with E-state index in [2.05, 4.69) is 25.8 Å². The van der Waals surface area contributed by atoms with Crippen molar-refractivity contribution in [2.24, 2.45) is 24.8 Å². The second-order valence-corrected chi connectivity index (χ2v) is 14.3. The van der Waals surface area contributed by atoms with E-state index in [4.69, 9.17) is 28.2 Å². The minimum atomic E-state index is -4.22. The number of alkyl halides is 3. The number of fused-ring (bicyclic) bond motifs is 2. The van der Waals surface area contributed by atoms with Gasteiger partial charge in [0.25, 0.3) is 11.8 Å². The summed E-state index contributed by atoms with van der Waals surface area (Å²) in [6.45, 7) is 1.54. The number of benzene rings is 2. The fourth-order valence-electron chi connectivity index (χ4n) is 7.13. The molecule has 2 saturated carbocycles. The second kappa shape index (κ2) is 13.6. The first-order valence-corrected chi connectivity index (χ1v) is 17.4. The highest BCUT2D eigenvalue weighted by molar-refractivity contribution is 6.39. The van der Waals surface area contributed by atoms with Crippen molar-refractivity contribution in [3.05, 3.63) is 75.0 Å². The molecule has 3 aliphatic rings. The minimum Gasteiger partial charge on any atom is -0.392 e. The maximum atomic E-state index is 13.8. The Morgan fingerprint density at radius 3 is 2.46 bits per heavy atom. The molecule has 2 unspecified atom stereocenters. The second-order valence-electron chi connectivity index (χ2n) is 13.5. The fraction of sp³-hybridized carbons (Fsp3) is 0.429. The lowest BCUT2D eigenvalue weighted by molar-refractivity contribution is -0.182. The average Bonchev–Trinajstić information content (AvgIpc) is 3.59. The lowest BCUT2D eigenvalue weighted by atomic mass is 9.85. The number of nitrogens with one attached hydrogen (secondary N) is 3. The van der Waals surface area contributed by atoms with E-state index in [1.54, 1.807) is 24.3 Å². The molecule has 0 spiro atoms. The molecule has 3 fully saturated rings. The van der Waals surface area contributed by atoms with Gasteiger partial charge in [0.2, 0.25) is 5.95 Å². The zero-order valence-corrected chi connectivity index (χ0v) is 28.7. The van der Waals surface area contributed by atoms with Crippen LogP contribution < -0.4 is 20.9 Å². The topological polar surface area (TPSA) is 124 Å². The quantitative estimate of drug-likeness (QED) is 0.150. The third kappa shape index (κ3) is 6.95. The SMILES string of the molecule is Cn1c(Nc2c(Cl)ccc(CNC(=O)c3cc(CO)ccn3)c2Cl)nc2cc(C(=O)N[C@H]3CC[C@H](C(F)(F)F)CC3)c(N3CC4CC4C3)cc21. The number of aryl methyl sites for hydroxylation is 1. The van der Waals surface area contributed by atoms with Crippen molar-refractivity contribution in [2.75, 3.05) is 23.3 Å². The van der Waals surface area contributed by atoms with Crippen LogP contribution >= 0.6 is 23.2 Å². The van der Waals surface area contributed by atoms with Gasteiger partial charge in [-0.3, -0.25) is 14.6 Å². The van der Waals surface area contributed by atoms with Gasteiger partial charge in [-0.15, -0.1) is 0 Å². The van der Waals surface area contributed by atoms with Gasteiger partial charge >= 0.3 is 6.18 Å². The third-order valence-electron chi connectivity index (χ3n) is 10.2. The van der Waals surface area contributed by atoms with Crippen molar-refractivity contribution in [2.45, 2.75) is 57.5 Å². The number of imidazole rings is 1. The van der Waals surface area contributed by atoms with E-state index in [1.165, 1.54) is 18.7 Å². The maximum Gasteiger partial charge on any atom is 0.391 e. The van der Waals surface area contributed by atoms with E-state index in [0.717, 1.165) is 24.3 Å².